The van der Waals surface area contributed by atoms with Crippen LogP contribution in [0.4, 0.5) is 10.5 Å². The Hall–Kier alpha value is -4.27. The number of hydrogen-bond acceptors (Lipinski definition) is 5. The van der Waals surface area contributed by atoms with E-state index in [1.165, 1.54) is 18.4 Å². The summed E-state index contributed by atoms with van der Waals surface area (Å²) >= 11 is 0. The molecular weight excluding hydrogens is 412 g/mol. The van der Waals surface area contributed by atoms with Crippen LogP contribution in [0.3, 0.4) is 0 Å². The SMILES string of the molecule is Cc1ccc(N2C(=O)C3C=CC(C(=O)NCc4ccco4)=CC3=[N+](CC(N)=O)C2=O)cc1. The highest BCUT2D eigenvalue weighted by atomic mass is 16.3. The number of benzene rings is 1. The molecule has 2 aliphatic rings. The van der Waals surface area contributed by atoms with Gasteiger partial charge in [0.2, 0.25) is 0 Å². The molecule has 2 aromatic rings. The van der Waals surface area contributed by atoms with E-state index in [4.69, 9.17) is 10.2 Å². The second-order valence-electron chi connectivity index (χ2n) is 7.47. The lowest BCUT2D eigenvalue weighted by molar-refractivity contribution is -0.416. The number of carbonyl (C=O) groups excluding carboxylic acids is 4. The number of anilines is 1. The first kappa shape index (κ1) is 21.0. The van der Waals surface area contributed by atoms with Crippen LogP contribution in [0.2, 0.25) is 0 Å². The minimum absolute atomic E-state index is 0.180. The Morgan fingerprint density at radius 2 is 1.94 bits per heavy atom. The number of carbonyl (C=O) groups is 4. The normalized spacial score (nSPS) is 17.8. The lowest BCUT2D eigenvalue weighted by Crippen LogP contribution is -2.56. The summed E-state index contributed by atoms with van der Waals surface area (Å²) in [7, 11) is 0. The number of nitrogens with zero attached hydrogens (tertiary/aromatic N) is 2. The standard InChI is InChI=1S/C23H20N4O5/c1-14-4-7-16(8-5-14)27-22(30)18-9-6-15(21(29)25-12-17-3-2-10-32-17)11-19(18)26(23(27)31)13-20(24)28/h2-11,18H,12-13H2,1H3,(H2-,24,25,28,29)/p+1. The summed E-state index contributed by atoms with van der Waals surface area (Å²) in [5, 5.41) is 2.71. The lowest BCUT2D eigenvalue weighted by Gasteiger charge is -2.27. The zero-order valence-corrected chi connectivity index (χ0v) is 17.3. The van der Waals surface area contributed by atoms with Crippen molar-refractivity contribution in [2.45, 2.75) is 13.5 Å². The van der Waals surface area contributed by atoms with E-state index in [9.17, 15) is 19.2 Å². The minimum Gasteiger partial charge on any atom is -0.467 e. The molecule has 2 heterocycles. The van der Waals surface area contributed by atoms with Crippen LogP contribution in [0, 0.1) is 12.8 Å². The van der Waals surface area contributed by atoms with Crippen LogP contribution in [0.1, 0.15) is 11.3 Å². The Morgan fingerprint density at radius 1 is 1.19 bits per heavy atom. The molecule has 1 aliphatic carbocycles. The Bertz CT molecular complexity index is 1190. The molecule has 1 atom stereocenters. The van der Waals surface area contributed by atoms with E-state index in [0.717, 1.165) is 15.0 Å². The van der Waals surface area contributed by atoms with Gasteiger partial charge in [0, 0.05) is 5.57 Å². The molecule has 0 radical (unpaired) electrons. The number of amides is 5. The van der Waals surface area contributed by atoms with Gasteiger partial charge in [-0.05, 0) is 37.3 Å². The van der Waals surface area contributed by atoms with E-state index in [-0.39, 0.29) is 17.8 Å². The second kappa shape index (κ2) is 8.46. The fourth-order valence-corrected chi connectivity index (χ4v) is 3.58. The van der Waals surface area contributed by atoms with Crippen molar-refractivity contribution < 1.29 is 28.2 Å². The van der Waals surface area contributed by atoms with Crippen LogP contribution in [-0.2, 0) is 20.9 Å². The number of rotatable bonds is 6. The average Bonchev–Trinajstić information content (AvgIpc) is 3.29. The molecule has 0 bridgehead atoms. The van der Waals surface area contributed by atoms with E-state index in [0.29, 0.717) is 11.4 Å². The summed E-state index contributed by atoms with van der Waals surface area (Å²) in [6, 6.07) is 9.62. The number of furan rings is 1. The van der Waals surface area contributed by atoms with Crippen molar-refractivity contribution in [3.05, 3.63) is 77.8 Å². The van der Waals surface area contributed by atoms with Crippen LogP contribution >= 0.6 is 0 Å². The molecule has 3 N–H and O–H groups in total. The van der Waals surface area contributed by atoms with Gasteiger partial charge in [-0.3, -0.25) is 9.59 Å². The first-order valence-electron chi connectivity index (χ1n) is 9.93. The highest BCUT2D eigenvalue weighted by Crippen LogP contribution is 2.27. The topological polar surface area (TPSA) is 126 Å². The van der Waals surface area contributed by atoms with Crippen LogP contribution in [-0.4, -0.2) is 40.6 Å². The van der Waals surface area contributed by atoms with E-state index in [2.05, 4.69) is 5.32 Å². The third-order valence-corrected chi connectivity index (χ3v) is 5.18. The second-order valence-corrected chi connectivity index (χ2v) is 7.47. The van der Waals surface area contributed by atoms with E-state index in [1.807, 2.05) is 6.92 Å². The molecule has 0 saturated heterocycles. The molecule has 9 heteroatoms. The van der Waals surface area contributed by atoms with Crippen molar-refractivity contribution in [3.8, 4) is 0 Å². The predicted molar refractivity (Wildman–Crippen MR) is 115 cm³/mol. The highest BCUT2D eigenvalue weighted by molar-refractivity contribution is 6.27. The van der Waals surface area contributed by atoms with Gasteiger partial charge in [-0.1, -0.05) is 29.8 Å². The van der Waals surface area contributed by atoms with Gasteiger partial charge in [0.1, 0.15) is 23.1 Å². The largest absolute Gasteiger partial charge is 0.506 e. The third-order valence-electron chi connectivity index (χ3n) is 5.18. The van der Waals surface area contributed by atoms with E-state index in [1.54, 1.807) is 42.5 Å². The maximum absolute atomic E-state index is 13.2. The zero-order chi connectivity index (χ0) is 22.8. The number of allylic oxidation sites excluding steroid dienone is 1. The smallest absolute Gasteiger partial charge is 0.467 e. The number of nitrogens with two attached hydrogens (primary N) is 1. The van der Waals surface area contributed by atoms with Crippen LogP contribution < -0.4 is 16.0 Å². The van der Waals surface area contributed by atoms with Gasteiger partial charge in [-0.25, -0.2) is 4.79 Å². The fraction of sp³-hybridized carbons (Fsp3) is 0.174. The minimum atomic E-state index is -0.838. The molecule has 1 aromatic heterocycles. The summed E-state index contributed by atoms with van der Waals surface area (Å²) < 4.78 is 6.33. The third kappa shape index (κ3) is 4.00. The molecule has 0 spiro atoms. The molecule has 4 rings (SSSR count). The van der Waals surface area contributed by atoms with E-state index >= 15 is 0 Å². The fourth-order valence-electron chi connectivity index (χ4n) is 3.58. The lowest BCUT2D eigenvalue weighted by atomic mass is 9.90. The number of urea groups is 1. The summed E-state index contributed by atoms with van der Waals surface area (Å²) in [6.45, 7) is 1.65. The van der Waals surface area contributed by atoms with Gasteiger partial charge in [0.25, 0.3) is 11.8 Å². The molecule has 1 aromatic carbocycles. The quantitative estimate of drug-likeness (QED) is 0.667. The summed E-state index contributed by atoms with van der Waals surface area (Å²) in [5.41, 5.74) is 7.19. The number of primary amides is 1. The van der Waals surface area contributed by atoms with Gasteiger partial charge in [-0.2, -0.15) is 9.37 Å². The van der Waals surface area contributed by atoms with Crippen LogP contribution in [0.5, 0.6) is 0 Å². The van der Waals surface area contributed by atoms with Gasteiger partial charge in [0.15, 0.2) is 6.54 Å². The van der Waals surface area contributed by atoms with Crippen LogP contribution in [0.25, 0.3) is 0 Å². The monoisotopic (exact) mass is 433 g/mol. The van der Waals surface area contributed by atoms with Crippen molar-refractivity contribution in [2.75, 3.05) is 11.4 Å². The Balaban J connectivity index is 1.69. The summed E-state index contributed by atoms with van der Waals surface area (Å²) in [4.78, 5) is 51.7. The average molecular weight is 433 g/mol. The van der Waals surface area contributed by atoms with Crippen molar-refractivity contribution in [1.29, 1.82) is 0 Å². The number of aryl methyl sites for hydroxylation is 1. The number of fused-ring (bicyclic) bond motifs is 1. The molecule has 1 unspecified atom stereocenters. The van der Waals surface area contributed by atoms with Gasteiger partial charge in [-0.15, -0.1) is 4.90 Å². The van der Waals surface area contributed by atoms with E-state index < -0.39 is 36.2 Å². The molecule has 0 fully saturated rings. The van der Waals surface area contributed by atoms with Gasteiger partial charge in [0.05, 0.1) is 12.8 Å². The highest BCUT2D eigenvalue weighted by Gasteiger charge is 2.48. The molecule has 1 aliphatic heterocycles. The van der Waals surface area contributed by atoms with Crippen molar-refractivity contribution >= 4 is 35.2 Å². The first-order chi connectivity index (χ1) is 15.3. The van der Waals surface area contributed by atoms with Crippen molar-refractivity contribution in [1.82, 2.24) is 5.32 Å². The molecule has 162 valence electrons. The Labute approximate surface area is 183 Å². The Morgan fingerprint density at radius 3 is 2.59 bits per heavy atom. The Kier molecular flexibility index (Phi) is 5.55. The molecule has 0 saturated carbocycles. The summed E-state index contributed by atoms with van der Waals surface area (Å²) in [6.07, 6.45) is 6.01. The molecule has 9 nitrogen and oxygen atoms in total. The molecule has 5 amide bonds. The van der Waals surface area contributed by atoms with Crippen LogP contribution in [0.15, 0.2) is 70.9 Å². The summed E-state index contributed by atoms with van der Waals surface area (Å²) in [5.74, 6) is -1.89. The van der Waals surface area contributed by atoms with Gasteiger partial charge >= 0.3 is 11.9 Å². The number of hydrogen-bond donors (Lipinski definition) is 2. The van der Waals surface area contributed by atoms with Crippen molar-refractivity contribution in [3.63, 3.8) is 0 Å². The molecular formula is C23H21N4O5+. The van der Waals surface area contributed by atoms with Crippen molar-refractivity contribution in [2.24, 2.45) is 11.7 Å². The van der Waals surface area contributed by atoms with Gasteiger partial charge < -0.3 is 15.5 Å². The maximum atomic E-state index is 13.2. The molecule has 32 heavy (non-hydrogen) atoms. The predicted octanol–water partition coefficient (Wildman–Crippen LogP) is 1.42. The number of imide groups is 1. The number of nitrogens with one attached hydrogen (secondary N) is 1. The maximum Gasteiger partial charge on any atom is 0.506 e. The first-order valence-corrected chi connectivity index (χ1v) is 9.93. The zero-order valence-electron chi connectivity index (χ0n) is 17.3.